The summed E-state index contributed by atoms with van der Waals surface area (Å²) in [6.45, 7) is 0. The summed E-state index contributed by atoms with van der Waals surface area (Å²) in [7, 11) is 0. The van der Waals surface area contributed by atoms with Gasteiger partial charge in [-0.25, -0.2) is 13.6 Å². The lowest BCUT2D eigenvalue weighted by Crippen LogP contribution is -2.42. The minimum absolute atomic E-state index is 0.0164. The third-order valence-electron chi connectivity index (χ3n) is 3.06. The Hall–Kier alpha value is -2.76. The highest BCUT2D eigenvalue weighted by molar-refractivity contribution is 5.96. The molecule has 1 amide bonds. The first-order valence-electron chi connectivity index (χ1n) is 6.49. The number of rotatable bonds is 5. The van der Waals surface area contributed by atoms with Gasteiger partial charge in [0.05, 0.1) is 0 Å². The largest absolute Gasteiger partial charge is 0.480 e. The summed E-state index contributed by atoms with van der Waals surface area (Å²) in [5.41, 5.74) is 0.736. The molecule has 6 heteroatoms. The molecule has 0 aromatic heterocycles. The molecule has 0 radical (unpaired) electrons. The molecule has 2 aromatic carbocycles. The SMILES string of the molecule is O=C(N[C@@H](Cc1ccc(F)cc1)C(=O)O)c1ccc(F)cc1. The van der Waals surface area contributed by atoms with E-state index in [1.807, 2.05) is 0 Å². The molecular formula is C16H13F2NO3. The summed E-state index contributed by atoms with van der Waals surface area (Å²) >= 11 is 0. The molecule has 1 atom stereocenters. The molecule has 0 aliphatic heterocycles. The van der Waals surface area contributed by atoms with Gasteiger partial charge in [-0.1, -0.05) is 12.1 Å². The van der Waals surface area contributed by atoms with Crippen molar-refractivity contribution >= 4 is 11.9 Å². The summed E-state index contributed by atoms with van der Waals surface area (Å²) < 4.78 is 25.6. The Bertz CT molecular complexity index is 669. The standard InChI is InChI=1S/C16H13F2NO3/c17-12-5-1-10(2-6-12)9-14(16(21)22)19-15(20)11-3-7-13(18)8-4-11/h1-8,14H,9H2,(H,19,20)(H,21,22)/t14-/m0/s1. The summed E-state index contributed by atoms with van der Waals surface area (Å²) in [4.78, 5) is 23.2. The van der Waals surface area contributed by atoms with Crippen LogP contribution in [0.25, 0.3) is 0 Å². The number of hydrogen-bond donors (Lipinski definition) is 2. The maximum absolute atomic E-state index is 12.8. The zero-order valence-electron chi connectivity index (χ0n) is 11.4. The average molecular weight is 305 g/mol. The number of carbonyl (C=O) groups is 2. The highest BCUT2D eigenvalue weighted by atomic mass is 19.1. The molecule has 114 valence electrons. The van der Waals surface area contributed by atoms with Gasteiger partial charge in [0.25, 0.3) is 5.91 Å². The number of carboxylic acid groups (broad SMARTS) is 1. The lowest BCUT2D eigenvalue weighted by molar-refractivity contribution is -0.139. The number of carbonyl (C=O) groups excluding carboxylic acids is 1. The van der Waals surface area contributed by atoms with E-state index in [1.54, 1.807) is 0 Å². The van der Waals surface area contributed by atoms with Crippen LogP contribution in [0.1, 0.15) is 15.9 Å². The number of benzene rings is 2. The topological polar surface area (TPSA) is 66.4 Å². The Balaban J connectivity index is 2.08. The normalized spacial score (nSPS) is 11.7. The Kier molecular flexibility index (Phi) is 4.83. The number of amides is 1. The van der Waals surface area contributed by atoms with Gasteiger partial charge in [-0.2, -0.15) is 0 Å². The van der Waals surface area contributed by atoms with Crippen molar-refractivity contribution in [2.24, 2.45) is 0 Å². The van der Waals surface area contributed by atoms with E-state index >= 15 is 0 Å². The van der Waals surface area contributed by atoms with Crippen molar-refractivity contribution < 1.29 is 23.5 Å². The van der Waals surface area contributed by atoms with Gasteiger partial charge in [-0.05, 0) is 42.0 Å². The molecule has 0 heterocycles. The number of carboxylic acids is 1. The maximum atomic E-state index is 12.8. The fourth-order valence-corrected chi connectivity index (χ4v) is 1.90. The number of aliphatic carboxylic acids is 1. The monoisotopic (exact) mass is 305 g/mol. The molecule has 0 spiro atoms. The first-order valence-corrected chi connectivity index (χ1v) is 6.49. The Morgan fingerprint density at radius 1 is 0.955 bits per heavy atom. The molecule has 22 heavy (non-hydrogen) atoms. The highest BCUT2D eigenvalue weighted by Gasteiger charge is 2.21. The lowest BCUT2D eigenvalue weighted by atomic mass is 10.1. The van der Waals surface area contributed by atoms with E-state index in [-0.39, 0.29) is 12.0 Å². The molecule has 2 N–H and O–H groups in total. The van der Waals surface area contributed by atoms with Crippen LogP contribution >= 0.6 is 0 Å². The van der Waals surface area contributed by atoms with Gasteiger partial charge in [-0.3, -0.25) is 4.79 Å². The van der Waals surface area contributed by atoms with Crippen molar-refractivity contribution in [3.05, 3.63) is 71.3 Å². The minimum atomic E-state index is -1.21. The number of halogens is 2. The fraction of sp³-hybridized carbons (Fsp3) is 0.125. The van der Waals surface area contributed by atoms with Crippen LogP contribution in [0.3, 0.4) is 0 Å². The second kappa shape index (κ2) is 6.80. The van der Waals surface area contributed by atoms with Gasteiger partial charge < -0.3 is 10.4 Å². The summed E-state index contributed by atoms with van der Waals surface area (Å²) in [6, 6.07) is 8.94. The van der Waals surface area contributed by atoms with E-state index in [0.29, 0.717) is 5.56 Å². The first kappa shape index (κ1) is 15.6. The Labute approximate surface area is 125 Å². The van der Waals surface area contributed by atoms with Crippen LogP contribution in [0, 0.1) is 11.6 Å². The third-order valence-corrected chi connectivity index (χ3v) is 3.06. The first-order chi connectivity index (χ1) is 10.5. The molecule has 0 aliphatic carbocycles. The van der Waals surface area contributed by atoms with Crippen molar-refractivity contribution in [2.45, 2.75) is 12.5 Å². The molecule has 0 bridgehead atoms. The zero-order valence-corrected chi connectivity index (χ0v) is 11.4. The number of nitrogens with one attached hydrogen (secondary N) is 1. The molecule has 0 fully saturated rings. The van der Waals surface area contributed by atoms with Crippen LogP contribution < -0.4 is 5.32 Å². The van der Waals surface area contributed by atoms with Gasteiger partial charge in [-0.15, -0.1) is 0 Å². The molecule has 2 rings (SSSR count). The predicted octanol–water partition coefficient (Wildman–Crippen LogP) is 2.39. The Morgan fingerprint density at radius 3 is 1.95 bits per heavy atom. The van der Waals surface area contributed by atoms with Crippen LogP contribution in [-0.4, -0.2) is 23.0 Å². The smallest absolute Gasteiger partial charge is 0.326 e. The van der Waals surface area contributed by atoms with Crippen molar-refractivity contribution in [3.8, 4) is 0 Å². The molecule has 0 aliphatic rings. The van der Waals surface area contributed by atoms with Crippen molar-refractivity contribution in [2.75, 3.05) is 0 Å². The second-order valence-corrected chi connectivity index (χ2v) is 4.70. The fourth-order valence-electron chi connectivity index (χ4n) is 1.90. The van der Waals surface area contributed by atoms with Crippen molar-refractivity contribution in [3.63, 3.8) is 0 Å². The lowest BCUT2D eigenvalue weighted by Gasteiger charge is -2.14. The van der Waals surface area contributed by atoms with Gasteiger partial charge >= 0.3 is 5.97 Å². The molecule has 0 saturated heterocycles. The van der Waals surface area contributed by atoms with E-state index in [1.165, 1.54) is 36.4 Å². The van der Waals surface area contributed by atoms with Gasteiger partial charge in [0.1, 0.15) is 17.7 Å². The van der Waals surface area contributed by atoms with E-state index in [9.17, 15) is 23.5 Å². The summed E-state index contributed by atoms with van der Waals surface area (Å²) in [5, 5.41) is 11.5. The summed E-state index contributed by atoms with van der Waals surface area (Å²) in [6.07, 6.45) is 0.0164. The molecular weight excluding hydrogens is 292 g/mol. The minimum Gasteiger partial charge on any atom is -0.480 e. The summed E-state index contributed by atoms with van der Waals surface area (Å²) in [5.74, 6) is -2.74. The quantitative estimate of drug-likeness (QED) is 0.891. The van der Waals surface area contributed by atoms with E-state index in [2.05, 4.69) is 5.32 Å². The van der Waals surface area contributed by atoms with E-state index in [4.69, 9.17) is 0 Å². The van der Waals surface area contributed by atoms with Crippen molar-refractivity contribution in [1.82, 2.24) is 5.32 Å². The number of hydrogen-bond acceptors (Lipinski definition) is 2. The zero-order chi connectivity index (χ0) is 16.1. The maximum Gasteiger partial charge on any atom is 0.326 e. The van der Waals surface area contributed by atoms with Crippen LogP contribution in [0.2, 0.25) is 0 Å². The molecule has 4 nitrogen and oxygen atoms in total. The van der Waals surface area contributed by atoms with Crippen LogP contribution in [0.4, 0.5) is 8.78 Å². The molecule has 2 aromatic rings. The third kappa shape index (κ3) is 4.12. The predicted molar refractivity (Wildman–Crippen MR) is 75.4 cm³/mol. The highest BCUT2D eigenvalue weighted by Crippen LogP contribution is 2.08. The molecule has 0 saturated carbocycles. The van der Waals surface area contributed by atoms with Gasteiger partial charge in [0.15, 0.2) is 0 Å². The van der Waals surface area contributed by atoms with Gasteiger partial charge in [0, 0.05) is 12.0 Å². The van der Waals surface area contributed by atoms with Crippen LogP contribution in [0.15, 0.2) is 48.5 Å². The Morgan fingerprint density at radius 2 is 1.45 bits per heavy atom. The van der Waals surface area contributed by atoms with E-state index < -0.39 is 29.6 Å². The second-order valence-electron chi connectivity index (χ2n) is 4.70. The molecule has 0 unspecified atom stereocenters. The van der Waals surface area contributed by atoms with Crippen LogP contribution in [0.5, 0.6) is 0 Å². The van der Waals surface area contributed by atoms with Gasteiger partial charge in [0.2, 0.25) is 0 Å². The average Bonchev–Trinajstić information content (AvgIpc) is 2.49. The van der Waals surface area contributed by atoms with Crippen molar-refractivity contribution in [1.29, 1.82) is 0 Å². The van der Waals surface area contributed by atoms with Crippen LogP contribution in [-0.2, 0) is 11.2 Å². The van der Waals surface area contributed by atoms with E-state index in [0.717, 1.165) is 12.1 Å².